The number of hydrogen-bond donors (Lipinski definition) is 1. The number of aryl methyl sites for hydroxylation is 1. The molecular weight excluding hydrogens is 240 g/mol. The summed E-state index contributed by atoms with van der Waals surface area (Å²) in [5.74, 6) is 5.16. The van der Waals surface area contributed by atoms with Crippen LogP contribution in [0.2, 0.25) is 0 Å². The third kappa shape index (κ3) is 3.42. The second-order valence-electron chi connectivity index (χ2n) is 4.11. The van der Waals surface area contributed by atoms with Crippen LogP contribution < -0.4 is 10.6 Å². The first-order valence-electron chi connectivity index (χ1n) is 5.81. The Labute approximate surface area is 111 Å². The van der Waals surface area contributed by atoms with Gasteiger partial charge in [0.05, 0.1) is 11.8 Å². The van der Waals surface area contributed by atoms with E-state index in [1.807, 2.05) is 25.1 Å². The molecule has 96 valence electrons. The van der Waals surface area contributed by atoms with E-state index in [9.17, 15) is 4.79 Å². The molecule has 0 spiro atoms. The molecule has 4 nitrogen and oxygen atoms in total. The number of nitrogens with two attached hydrogens (primary N) is 1. The van der Waals surface area contributed by atoms with Gasteiger partial charge in [-0.15, -0.1) is 0 Å². The van der Waals surface area contributed by atoms with Gasteiger partial charge >= 0.3 is 5.97 Å². The highest BCUT2D eigenvalue weighted by Crippen LogP contribution is 2.15. The quantitative estimate of drug-likeness (QED) is 0.301. The lowest BCUT2D eigenvalue weighted by Gasteiger charge is -2.05. The Morgan fingerprint density at radius 2 is 2.00 bits per heavy atom. The van der Waals surface area contributed by atoms with E-state index in [-0.39, 0.29) is 5.97 Å². The molecule has 2 rings (SSSR count). The van der Waals surface area contributed by atoms with Gasteiger partial charge in [-0.2, -0.15) is 5.10 Å². The van der Waals surface area contributed by atoms with Crippen LogP contribution in [0.4, 0.5) is 0 Å². The Morgan fingerprint density at radius 1 is 1.21 bits per heavy atom. The van der Waals surface area contributed by atoms with Gasteiger partial charge < -0.3 is 10.6 Å². The van der Waals surface area contributed by atoms with Gasteiger partial charge in [-0.05, 0) is 36.8 Å². The first-order chi connectivity index (χ1) is 9.19. The third-order valence-corrected chi connectivity index (χ3v) is 2.55. The van der Waals surface area contributed by atoms with Crippen LogP contribution in [0.15, 0.2) is 53.6 Å². The van der Waals surface area contributed by atoms with Gasteiger partial charge in [0.15, 0.2) is 0 Å². The Balaban J connectivity index is 2.17. The molecule has 0 heterocycles. The minimum atomic E-state index is -0.384. The fourth-order valence-electron chi connectivity index (χ4n) is 1.68. The lowest BCUT2D eigenvalue weighted by atomic mass is 10.1. The number of ether oxygens (including phenoxy) is 1. The van der Waals surface area contributed by atoms with Crippen molar-refractivity contribution in [3.05, 3.63) is 65.2 Å². The van der Waals surface area contributed by atoms with E-state index >= 15 is 0 Å². The Hall–Kier alpha value is -2.62. The molecule has 0 bridgehead atoms. The van der Waals surface area contributed by atoms with Crippen molar-refractivity contribution in [3.63, 3.8) is 0 Å². The number of rotatable bonds is 3. The van der Waals surface area contributed by atoms with Crippen molar-refractivity contribution in [1.29, 1.82) is 0 Å². The molecule has 0 unspecified atom stereocenters. The summed E-state index contributed by atoms with van der Waals surface area (Å²) in [7, 11) is 0. The van der Waals surface area contributed by atoms with Crippen molar-refractivity contribution >= 4 is 12.2 Å². The zero-order valence-electron chi connectivity index (χ0n) is 10.5. The van der Waals surface area contributed by atoms with Gasteiger partial charge in [0.2, 0.25) is 0 Å². The van der Waals surface area contributed by atoms with Crippen LogP contribution in [0.1, 0.15) is 21.5 Å². The minimum Gasteiger partial charge on any atom is -0.423 e. The fraction of sp³-hybridized carbons (Fsp3) is 0.0667. The maximum atomic E-state index is 12.0. The van der Waals surface area contributed by atoms with Crippen LogP contribution in [-0.2, 0) is 0 Å². The lowest BCUT2D eigenvalue weighted by Crippen LogP contribution is -2.08. The predicted molar refractivity (Wildman–Crippen MR) is 74.4 cm³/mol. The van der Waals surface area contributed by atoms with Gasteiger partial charge in [0, 0.05) is 0 Å². The highest BCUT2D eigenvalue weighted by Gasteiger charge is 2.08. The Bertz CT molecular complexity index is 621. The van der Waals surface area contributed by atoms with E-state index in [1.54, 1.807) is 30.3 Å². The maximum Gasteiger partial charge on any atom is 0.343 e. The van der Waals surface area contributed by atoms with Crippen LogP contribution >= 0.6 is 0 Å². The molecule has 0 aliphatic carbocycles. The molecule has 2 aromatic carbocycles. The lowest BCUT2D eigenvalue weighted by molar-refractivity contribution is 0.0734. The smallest absolute Gasteiger partial charge is 0.343 e. The molecular formula is C15H14N2O2. The monoisotopic (exact) mass is 254 g/mol. The number of hydrogen-bond acceptors (Lipinski definition) is 4. The third-order valence-electron chi connectivity index (χ3n) is 2.55. The number of carbonyl (C=O) groups excluding carboxylic acids is 1. The maximum absolute atomic E-state index is 12.0. The van der Waals surface area contributed by atoms with E-state index in [0.717, 1.165) is 11.1 Å². The van der Waals surface area contributed by atoms with Gasteiger partial charge in [0.25, 0.3) is 0 Å². The average Bonchev–Trinajstić information content (AvgIpc) is 2.39. The molecule has 4 heteroatoms. The van der Waals surface area contributed by atoms with E-state index in [2.05, 4.69) is 5.10 Å². The largest absolute Gasteiger partial charge is 0.423 e. The van der Waals surface area contributed by atoms with Crippen molar-refractivity contribution in [2.45, 2.75) is 6.92 Å². The molecule has 0 atom stereocenters. The van der Waals surface area contributed by atoms with Crippen molar-refractivity contribution in [1.82, 2.24) is 0 Å². The summed E-state index contributed by atoms with van der Waals surface area (Å²) < 4.78 is 5.30. The molecule has 0 aliphatic rings. The zero-order chi connectivity index (χ0) is 13.7. The number of carbonyl (C=O) groups is 1. The van der Waals surface area contributed by atoms with Crippen molar-refractivity contribution in [2.75, 3.05) is 0 Å². The number of benzene rings is 2. The van der Waals surface area contributed by atoms with E-state index in [1.165, 1.54) is 6.21 Å². The van der Waals surface area contributed by atoms with Gasteiger partial charge in [-0.1, -0.05) is 29.8 Å². The molecule has 0 amide bonds. The molecule has 0 fully saturated rings. The van der Waals surface area contributed by atoms with Gasteiger partial charge in [-0.25, -0.2) is 4.79 Å². The highest BCUT2D eigenvalue weighted by molar-refractivity contribution is 5.91. The summed E-state index contributed by atoms with van der Waals surface area (Å²) in [6, 6.07) is 14.3. The average molecular weight is 254 g/mol. The van der Waals surface area contributed by atoms with Crippen LogP contribution in [0.3, 0.4) is 0 Å². The van der Waals surface area contributed by atoms with E-state index in [4.69, 9.17) is 10.6 Å². The van der Waals surface area contributed by atoms with Crippen LogP contribution in [0, 0.1) is 6.92 Å². The summed E-state index contributed by atoms with van der Waals surface area (Å²) in [5, 5.41) is 3.43. The second-order valence-corrected chi connectivity index (χ2v) is 4.11. The van der Waals surface area contributed by atoms with Gasteiger partial charge in [0.1, 0.15) is 5.75 Å². The molecule has 0 aromatic heterocycles. The minimum absolute atomic E-state index is 0.384. The summed E-state index contributed by atoms with van der Waals surface area (Å²) >= 11 is 0. The van der Waals surface area contributed by atoms with Crippen LogP contribution in [0.5, 0.6) is 5.75 Å². The summed E-state index contributed by atoms with van der Waals surface area (Å²) in [6.45, 7) is 1.93. The van der Waals surface area contributed by atoms with Crippen molar-refractivity contribution in [2.24, 2.45) is 10.9 Å². The first kappa shape index (κ1) is 12.8. The summed E-state index contributed by atoms with van der Waals surface area (Å²) in [6.07, 6.45) is 1.49. The first-order valence-corrected chi connectivity index (χ1v) is 5.81. The molecule has 0 saturated heterocycles. The van der Waals surface area contributed by atoms with E-state index < -0.39 is 0 Å². The standard InChI is InChI=1S/C15H14N2O2/c1-11-4-2-6-13(8-11)15(18)19-14-7-3-5-12(9-14)10-17-16/h2-10H,16H2,1H3. The van der Waals surface area contributed by atoms with Gasteiger partial charge in [-0.3, -0.25) is 0 Å². The zero-order valence-corrected chi connectivity index (χ0v) is 10.5. The van der Waals surface area contributed by atoms with Crippen molar-refractivity contribution < 1.29 is 9.53 Å². The molecule has 0 aliphatic heterocycles. The Morgan fingerprint density at radius 3 is 2.74 bits per heavy atom. The SMILES string of the molecule is Cc1cccc(C(=O)Oc2cccc(C=NN)c2)c1. The number of hydrazone groups is 1. The summed E-state index contributed by atoms with van der Waals surface area (Å²) in [4.78, 5) is 12.0. The van der Waals surface area contributed by atoms with Crippen molar-refractivity contribution in [3.8, 4) is 5.75 Å². The highest BCUT2D eigenvalue weighted by atomic mass is 16.5. The summed E-state index contributed by atoms with van der Waals surface area (Å²) in [5.41, 5.74) is 2.31. The fourth-order valence-corrected chi connectivity index (χ4v) is 1.68. The topological polar surface area (TPSA) is 64.7 Å². The molecule has 0 saturated carbocycles. The second kappa shape index (κ2) is 5.82. The normalized spacial score (nSPS) is 10.6. The molecule has 2 aromatic rings. The van der Waals surface area contributed by atoms with Crippen LogP contribution in [0.25, 0.3) is 0 Å². The molecule has 2 N–H and O–H groups in total. The number of esters is 1. The predicted octanol–water partition coefficient (Wildman–Crippen LogP) is 2.51. The molecule has 0 radical (unpaired) electrons. The van der Waals surface area contributed by atoms with E-state index in [0.29, 0.717) is 11.3 Å². The number of nitrogens with zero attached hydrogens (tertiary/aromatic N) is 1. The van der Waals surface area contributed by atoms with Crippen LogP contribution in [-0.4, -0.2) is 12.2 Å². The Kier molecular flexibility index (Phi) is 3.93. The molecule has 19 heavy (non-hydrogen) atoms.